The first-order valence-electron chi connectivity index (χ1n) is 21.3. The van der Waals surface area contributed by atoms with Gasteiger partial charge in [0.2, 0.25) is 11.8 Å². The number of carbonyl (C=O) groups excluding carboxylic acids is 2. The van der Waals surface area contributed by atoms with Crippen LogP contribution in [0.5, 0.6) is 0 Å². The fourth-order valence-electron chi connectivity index (χ4n) is 11.7. The maximum absolute atomic E-state index is 13.3. The Balaban J connectivity index is 0.00000898. The van der Waals surface area contributed by atoms with Gasteiger partial charge in [0.05, 0.1) is 6.42 Å². The Morgan fingerprint density at radius 2 is 1.17 bits per heavy atom. The van der Waals surface area contributed by atoms with Gasteiger partial charge in [0, 0.05) is 107 Å². The van der Waals surface area contributed by atoms with Gasteiger partial charge in [0.1, 0.15) is 0 Å². The van der Waals surface area contributed by atoms with Crippen LogP contribution in [0.1, 0.15) is 126 Å². The summed E-state index contributed by atoms with van der Waals surface area (Å²) in [5, 5.41) is 56.0. The zero-order chi connectivity index (χ0) is 47.4. The molecule has 5 aliphatic rings. The van der Waals surface area contributed by atoms with Crippen LogP contribution in [-0.2, 0) is 50.3 Å². The summed E-state index contributed by atoms with van der Waals surface area (Å²) >= 11 is 0. The maximum atomic E-state index is 13.3. The summed E-state index contributed by atoms with van der Waals surface area (Å²) in [5.74, 6) is -10.2. The molecular formula is C45H61CoN6O12+. The summed E-state index contributed by atoms with van der Waals surface area (Å²) in [6.45, 7) is 14.3. The van der Waals surface area contributed by atoms with Gasteiger partial charge in [-0.25, -0.2) is 0 Å². The van der Waals surface area contributed by atoms with Crippen molar-refractivity contribution in [1.29, 1.82) is 0 Å². The van der Waals surface area contributed by atoms with E-state index in [1.54, 1.807) is 47.6 Å². The molecule has 9 atom stereocenters. The van der Waals surface area contributed by atoms with E-state index in [2.05, 4.69) is 0 Å². The minimum atomic E-state index is -1.54. The van der Waals surface area contributed by atoms with Crippen molar-refractivity contribution in [3.05, 3.63) is 39.6 Å². The number of hydrogen-bond acceptors (Lipinski definition) is 10. The Morgan fingerprint density at radius 3 is 1.67 bits per heavy atom. The number of carboxylic acid groups (broad SMARTS) is 5. The molecule has 1 saturated heterocycles. The minimum Gasteiger partial charge on any atom is -0.680 e. The Morgan fingerprint density at radius 1 is 0.656 bits per heavy atom. The van der Waals surface area contributed by atoms with E-state index in [0.29, 0.717) is 45.4 Å². The van der Waals surface area contributed by atoms with Gasteiger partial charge in [-0.1, -0.05) is 47.1 Å². The average Bonchev–Trinajstić information content (AvgIpc) is 3.75. The van der Waals surface area contributed by atoms with E-state index < -0.39 is 105 Å². The summed E-state index contributed by atoms with van der Waals surface area (Å²) in [5.41, 5.74) is 8.91. The molecule has 0 aromatic carbocycles. The molecule has 5 aliphatic heterocycles. The largest absolute Gasteiger partial charge is 2.00 e. The molecule has 351 valence electrons. The Labute approximate surface area is 382 Å². The zero-order valence-electron chi connectivity index (χ0n) is 37.6. The van der Waals surface area contributed by atoms with Crippen LogP contribution in [-0.4, -0.2) is 95.9 Å². The van der Waals surface area contributed by atoms with Crippen LogP contribution >= 0.6 is 0 Å². The summed E-state index contributed by atoms with van der Waals surface area (Å²) in [7, 11) is 0. The molecule has 0 spiro atoms. The van der Waals surface area contributed by atoms with Crippen LogP contribution in [0.25, 0.3) is 5.32 Å². The minimum absolute atomic E-state index is 0. The SMILES string of the molecule is CC1=C2N=C(C=C3N=C(C(C)=C4[N-]C(C)(C5N=C1C(C)(CCC(=O)O)C5CC(=O)O)C(C)(CC(N)=O)C4CCC(=O)O)C(C)(CC(N)=O)C3CCC(=O)O)C(C)(C)C2CCC(=O)O.[Co+2]. The molecule has 0 aromatic heterocycles. The second-order valence-electron chi connectivity index (χ2n) is 19.5. The smallest absolute Gasteiger partial charge is 0.680 e. The topological polar surface area (TPSA) is 324 Å². The molecule has 9 N–H and O–H groups in total. The number of nitrogens with two attached hydrogens (primary N) is 2. The van der Waals surface area contributed by atoms with Gasteiger partial charge >= 0.3 is 46.6 Å². The van der Waals surface area contributed by atoms with Crippen molar-refractivity contribution in [3.8, 4) is 0 Å². The molecule has 8 bridgehead atoms. The number of aliphatic carboxylic acids is 5. The zero-order valence-corrected chi connectivity index (χ0v) is 38.7. The van der Waals surface area contributed by atoms with Crippen LogP contribution in [0.2, 0.25) is 0 Å². The van der Waals surface area contributed by atoms with Gasteiger partial charge in [-0.2, -0.15) is 5.70 Å². The number of allylic oxidation sites excluding steroid dienone is 6. The van der Waals surface area contributed by atoms with E-state index in [1.165, 1.54) is 0 Å². The molecule has 1 radical (unpaired) electrons. The van der Waals surface area contributed by atoms with Gasteiger partial charge < -0.3 is 42.3 Å². The Hall–Kier alpha value is -5.17. The third-order valence-electron chi connectivity index (χ3n) is 15.2. The number of hydrogen-bond donors (Lipinski definition) is 7. The standard InChI is InChI=1S/C45H62N6O12.Co/c1-21-36-24(10-13-32(56)57)41(3,4)28(49-36)18-27-23(9-12-31(54)55)43(6,19-29(46)52)39(48-27)22(2)37-25(11-14-33(58)59)44(7,20-30(47)53)45(8,51-37)40-26(17-35(62)63)42(5,38(21)50-40)16-15-34(60)61;/h18,23-26,40H,9-17,19-20H2,1-8H3,(H10,46,47,48,49,50,51,52,53,54,55,56,57,58,59,60,61,62,63);/q;+2/p-1. The van der Waals surface area contributed by atoms with Gasteiger partial charge in [0.25, 0.3) is 0 Å². The summed E-state index contributed by atoms with van der Waals surface area (Å²) < 4.78 is 0. The number of aliphatic imine (C=N–C) groups is 3. The molecule has 0 saturated carbocycles. The molecule has 5 heterocycles. The van der Waals surface area contributed by atoms with Crippen molar-refractivity contribution in [2.75, 3.05) is 0 Å². The predicted molar refractivity (Wildman–Crippen MR) is 231 cm³/mol. The molecule has 0 aliphatic carbocycles. The van der Waals surface area contributed by atoms with Crippen LogP contribution in [0.4, 0.5) is 0 Å². The Kier molecular flexibility index (Phi) is 14.8. The second-order valence-corrected chi connectivity index (χ2v) is 19.5. The fraction of sp³-hybridized carbons (Fsp3) is 0.644. The number of fused-ring (bicyclic) bond motifs is 6. The number of primary amides is 2. The maximum Gasteiger partial charge on any atom is 2.00 e. The van der Waals surface area contributed by atoms with E-state index in [1.807, 2.05) is 13.8 Å². The first-order valence-corrected chi connectivity index (χ1v) is 21.3. The molecular weight excluding hydrogens is 875 g/mol. The predicted octanol–water partition coefficient (Wildman–Crippen LogP) is 5.50. The third-order valence-corrected chi connectivity index (χ3v) is 15.2. The molecule has 0 aromatic rings. The average molecular weight is 937 g/mol. The summed E-state index contributed by atoms with van der Waals surface area (Å²) in [6.07, 6.45) is -0.675. The van der Waals surface area contributed by atoms with Crippen LogP contribution < -0.4 is 11.5 Å². The van der Waals surface area contributed by atoms with Crippen LogP contribution in [0.3, 0.4) is 0 Å². The van der Waals surface area contributed by atoms with Crippen molar-refractivity contribution in [2.45, 2.75) is 138 Å². The summed E-state index contributed by atoms with van der Waals surface area (Å²) in [4.78, 5) is 104. The van der Waals surface area contributed by atoms with Crippen molar-refractivity contribution in [1.82, 2.24) is 0 Å². The molecule has 18 nitrogen and oxygen atoms in total. The molecule has 19 heteroatoms. The van der Waals surface area contributed by atoms with E-state index in [4.69, 9.17) is 31.8 Å². The van der Waals surface area contributed by atoms with Crippen LogP contribution in [0.15, 0.2) is 49.3 Å². The first-order chi connectivity index (χ1) is 29.0. The van der Waals surface area contributed by atoms with Crippen LogP contribution in [0, 0.1) is 45.3 Å². The fourth-order valence-corrected chi connectivity index (χ4v) is 11.7. The number of carbonyl (C=O) groups is 7. The summed E-state index contributed by atoms with van der Waals surface area (Å²) in [6, 6.07) is -1.08. The molecule has 9 unspecified atom stereocenters. The van der Waals surface area contributed by atoms with Gasteiger partial charge in [-0.05, 0) is 68.1 Å². The normalized spacial score (nSPS) is 32.5. The van der Waals surface area contributed by atoms with Gasteiger partial charge in [-0.15, -0.1) is 0 Å². The number of rotatable bonds is 18. The van der Waals surface area contributed by atoms with E-state index in [-0.39, 0.29) is 81.0 Å². The number of nitrogens with zero attached hydrogens (tertiary/aromatic N) is 4. The van der Waals surface area contributed by atoms with Crippen molar-refractivity contribution >= 4 is 58.8 Å². The Bertz CT molecular complexity index is 2230. The number of carboxylic acids is 5. The third kappa shape index (κ3) is 9.06. The van der Waals surface area contributed by atoms with Crippen molar-refractivity contribution < 1.29 is 75.9 Å². The monoisotopic (exact) mass is 936 g/mol. The van der Waals surface area contributed by atoms with Crippen molar-refractivity contribution in [3.63, 3.8) is 0 Å². The molecule has 2 amide bonds. The van der Waals surface area contributed by atoms with E-state index in [9.17, 15) is 59.1 Å². The van der Waals surface area contributed by atoms with Gasteiger partial charge in [0.15, 0.2) is 0 Å². The first kappa shape index (κ1) is 51.5. The van der Waals surface area contributed by atoms with Crippen molar-refractivity contribution in [2.24, 2.45) is 71.8 Å². The van der Waals surface area contributed by atoms with E-state index >= 15 is 0 Å². The second kappa shape index (κ2) is 18.4. The van der Waals surface area contributed by atoms with Gasteiger partial charge in [-0.3, -0.25) is 48.5 Å². The molecule has 64 heavy (non-hydrogen) atoms. The van der Waals surface area contributed by atoms with E-state index in [0.717, 1.165) is 0 Å². The number of amides is 2. The quantitative estimate of drug-likeness (QED) is 0.0896. The molecule has 1 fully saturated rings. The molecule has 5 rings (SSSR count).